The van der Waals surface area contributed by atoms with Gasteiger partial charge >= 0.3 is 5.97 Å². The molecule has 1 heterocycles. The molecule has 108 valence electrons. The van der Waals surface area contributed by atoms with Crippen molar-refractivity contribution in [2.45, 2.75) is 19.4 Å². The van der Waals surface area contributed by atoms with E-state index in [0.717, 1.165) is 5.56 Å². The number of benzene rings is 1. The molecule has 0 saturated heterocycles. The first-order valence-corrected chi connectivity index (χ1v) is 6.40. The number of hydrogen-bond donors (Lipinski definition) is 1. The van der Waals surface area contributed by atoms with Crippen LogP contribution in [-0.4, -0.2) is 42.1 Å². The van der Waals surface area contributed by atoms with Crippen LogP contribution in [0.5, 0.6) is 11.5 Å². The first-order valence-electron chi connectivity index (χ1n) is 6.40. The molecular formula is C14H17NO5. The molecule has 1 amide bonds. The zero-order valence-electron chi connectivity index (χ0n) is 11.3. The van der Waals surface area contributed by atoms with Crippen molar-refractivity contribution >= 4 is 11.9 Å². The topological polar surface area (TPSA) is 76.1 Å². The van der Waals surface area contributed by atoms with Crippen LogP contribution >= 0.6 is 0 Å². The zero-order chi connectivity index (χ0) is 14.5. The average Bonchev–Trinajstić information content (AvgIpc) is 2.44. The fourth-order valence-corrected chi connectivity index (χ4v) is 1.95. The Kier molecular flexibility index (Phi) is 4.45. The normalized spacial score (nSPS) is 12.8. The van der Waals surface area contributed by atoms with Crippen LogP contribution in [0.2, 0.25) is 0 Å². The van der Waals surface area contributed by atoms with Crippen LogP contribution in [0.4, 0.5) is 0 Å². The van der Waals surface area contributed by atoms with Crippen LogP contribution in [0.3, 0.4) is 0 Å². The summed E-state index contributed by atoms with van der Waals surface area (Å²) in [5, 5.41) is 8.57. The largest absolute Gasteiger partial charge is 0.486 e. The molecule has 0 atom stereocenters. The van der Waals surface area contributed by atoms with E-state index in [1.165, 1.54) is 4.90 Å². The monoisotopic (exact) mass is 279 g/mol. The van der Waals surface area contributed by atoms with E-state index in [1.807, 2.05) is 18.2 Å². The van der Waals surface area contributed by atoms with Crippen molar-refractivity contribution in [3.63, 3.8) is 0 Å². The highest BCUT2D eigenvalue weighted by Crippen LogP contribution is 2.31. The molecule has 6 heteroatoms. The molecule has 0 fully saturated rings. The Hall–Kier alpha value is -2.24. The molecule has 0 aromatic heterocycles. The number of aliphatic carboxylic acids is 1. The second-order valence-corrected chi connectivity index (χ2v) is 4.62. The molecule has 6 nitrogen and oxygen atoms in total. The number of nitrogens with zero attached hydrogens (tertiary/aromatic N) is 1. The highest BCUT2D eigenvalue weighted by atomic mass is 16.6. The van der Waals surface area contributed by atoms with Crippen LogP contribution in [0, 0.1) is 0 Å². The Morgan fingerprint density at radius 1 is 1.20 bits per heavy atom. The number of rotatable bonds is 5. The molecule has 0 saturated carbocycles. The third-order valence-corrected chi connectivity index (χ3v) is 3.00. The standard InChI is InChI=1S/C14H17NO5/c1-15(13(16)4-5-14(17)18)9-10-2-3-11-12(8-10)20-7-6-19-11/h2-3,8H,4-7,9H2,1H3,(H,17,18). The van der Waals surface area contributed by atoms with E-state index in [2.05, 4.69) is 0 Å². The van der Waals surface area contributed by atoms with Gasteiger partial charge in [-0.15, -0.1) is 0 Å². The summed E-state index contributed by atoms with van der Waals surface area (Å²) >= 11 is 0. The quantitative estimate of drug-likeness (QED) is 0.878. The highest BCUT2D eigenvalue weighted by Gasteiger charge is 2.15. The minimum atomic E-state index is -0.967. The third kappa shape index (κ3) is 3.63. The lowest BCUT2D eigenvalue weighted by atomic mass is 10.1. The molecule has 0 radical (unpaired) electrons. The number of amides is 1. The van der Waals surface area contributed by atoms with E-state index in [4.69, 9.17) is 14.6 Å². The Morgan fingerprint density at radius 3 is 2.60 bits per heavy atom. The van der Waals surface area contributed by atoms with Gasteiger partial charge in [-0.2, -0.15) is 0 Å². The maximum absolute atomic E-state index is 11.7. The van der Waals surface area contributed by atoms with E-state index >= 15 is 0 Å². The summed E-state index contributed by atoms with van der Waals surface area (Å²) in [5.41, 5.74) is 0.917. The number of carbonyl (C=O) groups is 2. The molecule has 1 aliphatic heterocycles. The fraction of sp³-hybridized carbons (Fsp3) is 0.429. The van der Waals surface area contributed by atoms with Crippen molar-refractivity contribution in [2.75, 3.05) is 20.3 Å². The third-order valence-electron chi connectivity index (χ3n) is 3.00. The molecule has 1 aromatic carbocycles. The molecule has 1 aromatic rings. The first-order chi connectivity index (χ1) is 9.56. The fourth-order valence-electron chi connectivity index (χ4n) is 1.95. The number of hydrogen-bond acceptors (Lipinski definition) is 4. The van der Waals surface area contributed by atoms with E-state index in [-0.39, 0.29) is 18.7 Å². The molecule has 20 heavy (non-hydrogen) atoms. The first kappa shape index (κ1) is 14.2. The lowest BCUT2D eigenvalue weighted by molar-refractivity contribution is -0.140. The zero-order valence-corrected chi connectivity index (χ0v) is 11.3. The lowest BCUT2D eigenvalue weighted by Crippen LogP contribution is -2.26. The molecule has 1 aliphatic rings. The number of fused-ring (bicyclic) bond motifs is 1. The second-order valence-electron chi connectivity index (χ2n) is 4.62. The summed E-state index contributed by atoms with van der Waals surface area (Å²) in [7, 11) is 1.65. The van der Waals surface area contributed by atoms with Gasteiger partial charge in [0.2, 0.25) is 5.91 Å². The SMILES string of the molecule is CN(Cc1ccc2c(c1)OCCO2)C(=O)CCC(=O)O. The van der Waals surface area contributed by atoms with Crippen LogP contribution in [0.1, 0.15) is 18.4 Å². The van der Waals surface area contributed by atoms with Gasteiger partial charge in [0.1, 0.15) is 13.2 Å². The minimum absolute atomic E-state index is 0.0103. The maximum atomic E-state index is 11.7. The summed E-state index contributed by atoms with van der Waals surface area (Å²) in [6.07, 6.45) is -0.138. The smallest absolute Gasteiger partial charge is 0.303 e. The van der Waals surface area contributed by atoms with E-state index in [0.29, 0.717) is 31.3 Å². The number of carboxylic acids is 1. The predicted octanol–water partition coefficient (Wildman–Crippen LogP) is 1.28. The summed E-state index contributed by atoms with van der Waals surface area (Å²) in [5.74, 6) is 0.230. The van der Waals surface area contributed by atoms with Gasteiger partial charge in [-0.3, -0.25) is 9.59 Å². The van der Waals surface area contributed by atoms with Crippen LogP contribution in [0.15, 0.2) is 18.2 Å². The van der Waals surface area contributed by atoms with Gasteiger partial charge < -0.3 is 19.5 Å². The van der Waals surface area contributed by atoms with E-state index < -0.39 is 5.97 Å². The minimum Gasteiger partial charge on any atom is -0.486 e. The summed E-state index contributed by atoms with van der Waals surface area (Å²) in [6, 6.07) is 5.53. The molecule has 2 rings (SSSR count). The van der Waals surface area contributed by atoms with Gasteiger partial charge in [0.05, 0.1) is 6.42 Å². The van der Waals surface area contributed by atoms with Crippen molar-refractivity contribution in [2.24, 2.45) is 0 Å². The Bertz CT molecular complexity index is 514. The van der Waals surface area contributed by atoms with Crippen molar-refractivity contribution in [3.05, 3.63) is 23.8 Å². The van der Waals surface area contributed by atoms with E-state index in [1.54, 1.807) is 7.05 Å². The van der Waals surface area contributed by atoms with Crippen molar-refractivity contribution < 1.29 is 24.2 Å². The van der Waals surface area contributed by atoms with Crippen LogP contribution in [-0.2, 0) is 16.1 Å². The van der Waals surface area contributed by atoms with Crippen LogP contribution in [0.25, 0.3) is 0 Å². The van der Waals surface area contributed by atoms with Crippen molar-refractivity contribution in [1.29, 1.82) is 0 Å². The molecule has 1 N–H and O–H groups in total. The highest BCUT2D eigenvalue weighted by molar-refractivity contribution is 5.80. The summed E-state index contributed by atoms with van der Waals surface area (Å²) in [6.45, 7) is 1.47. The number of carbonyl (C=O) groups excluding carboxylic acids is 1. The van der Waals surface area contributed by atoms with Crippen molar-refractivity contribution in [3.8, 4) is 11.5 Å². The Labute approximate surface area is 116 Å². The Morgan fingerprint density at radius 2 is 1.90 bits per heavy atom. The number of carboxylic acid groups (broad SMARTS) is 1. The summed E-state index contributed by atoms with van der Waals surface area (Å²) < 4.78 is 10.9. The van der Waals surface area contributed by atoms with Crippen LogP contribution < -0.4 is 9.47 Å². The molecule has 0 aliphatic carbocycles. The molecule has 0 spiro atoms. The molecular weight excluding hydrogens is 262 g/mol. The van der Waals surface area contributed by atoms with Crippen molar-refractivity contribution in [1.82, 2.24) is 4.90 Å². The molecule has 0 bridgehead atoms. The molecule has 0 unspecified atom stereocenters. The number of ether oxygens (including phenoxy) is 2. The average molecular weight is 279 g/mol. The predicted molar refractivity (Wildman–Crippen MR) is 70.8 cm³/mol. The van der Waals surface area contributed by atoms with Gasteiger partial charge in [-0.25, -0.2) is 0 Å². The van der Waals surface area contributed by atoms with Gasteiger partial charge in [-0.1, -0.05) is 6.07 Å². The van der Waals surface area contributed by atoms with Gasteiger partial charge in [0.25, 0.3) is 0 Å². The summed E-state index contributed by atoms with van der Waals surface area (Å²) in [4.78, 5) is 23.7. The van der Waals surface area contributed by atoms with Gasteiger partial charge in [0.15, 0.2) is 11.5 Å². The van der Waals surface area contributed by atoms with Gasteiger partial charge in [0, 0.05) is 20.0 Å². The lowest BCUT2D eigenvalue weighted by Gasteiger charge is -2.21. The second kappa shape index (κ2) is 6.27. The maximum Gasteiger partial charge on any atom is 0.303 e. The van der Waals surface area contributed by atoms with E-state index in [9.17, 15) is 9.59 Å². The van der Waals surface area contributed by atoms with Gasteiger partial charge in [-0.05, 0) is 17.7 Å². The Balaban J connectivity index is 1.95.